The number of anilines is 1. The SMILES string of the molecule is COC(=O)c1cc(Cl)ccc1NC(=O)N1CCN(C(c2ccccc2)c2ccccc2)CC1. The normalized spacial score (nSPS) is 14.2. The summed E-state index contributed by atoms with van der Waals surface area (Å²) < 4.78 is 4.81. The second kappa shape index (κ2) is 10.5. The molecule has 0 atom stereocenters. The summed E-state index contributed by atoms with van der Waals surface area (Å²) in [4.78, 5) is 29.2. The maximum absolute atomic E-state index is 12.9. The zero-order valence-electron chi connectivity index (χ0n) is 18.4. The van der Waals surface area contributed by atoms with E-state index in [1.807, 2.05) is 12.1 Å². The summed E-state index contributed by atoms with van der Waals surface area (Å²) in [5, 5.41) is 3.24. The van der Waals surface area contributed by atoms with E-state index in [1.54, 1.807) is 17.0 Å². The smallest absolute Gasteiger partial charge is 0.340 e. The van der Waals surface area contributed by atoms with Crippen LogP contribution in [-0.2, 0) is 4.74 Å². The third-order valence-corrected chi connectivity index (χ3v) is 6.06. The second-order valence-corrected chi connectivity index (χ2v) is 8.29. The molecule has 0 unspecified atom stereocenters. The van der Waals surface area contributed by atoms with Crippen molar-refractivity contribution in [3.63, 3.8) is 0 Å². The van der Waals surface area contributed by atoms with E-state index in [9.17, 15) is 9.59 Å². The Morgan fingerprint density at radius 3 is 2.00 bits per heavy atom. The van der Waals surface area contributed by atoms with Crippen LogP contribution in [0, 0.1) is 0 Å². The molecule has 1 aliphatic rings. The molecule has 0 spiro atoms. The van der Waals surface area contributed by atoms with Crippen LogP contribution >= 0.6 is 11.6 Å². The van der Waals surface area contributed by atoms with Gasteiger partial charge in [-0.2, -0.15) is 0 Å². The highest BCUT2D eigenvalue weighted by Gasteiger charge is 2.28. The molecule has 0 aromatic heterocycles. The van der Waals surface area contributed by atoms with Crippen molar-refractivity contribution in [3.8, 4) is 0 Å². The Morgan fingerprint density at radius 2 is 1.45 bits per heavy atom. The Kier molecular flexibility index (Phi) is 7.27. The van der Waals surface area contributed by atoms with Crippen molar-refractivity contribution in [1.82, 2.24) is 9.80 Å². The number of ether oxygens (including phenoxy) is 1. The van der Waals surface area contributed by atoms with Gasteiger partial charge >= 0.3 is 12.0 Å². The van der Waals surface area contributed by atoms with Crippen LogP contribution in [0.15, 0.2) is 78.9 Å². The Bertz CT molecular complexity index is 1060. The summed E-state index contributed by atoms with van der Waals surface area (Å²) in [7, 11) is 1.30. The van der Waals surface area contributed by atoms with E-state index >= 15 is 0 Å². The van der Waals surface area contributed by atoms with E-state index in [0.717, 1.165) is 13.1 Å². The Hall–Kier alpha value is -3.35. The van der Waals surface area contributed by atoms with Gasteiger partial charge in [0.25, 0.3) is 0 Å². The van der Waals surface area contributed by atoms with Crippen molar-refractivity contribution >= 4 is 29.3 Å². The molecule has 170 valence electrons. The van der Waals surface area contributed by atoms with Gasteiger partial charge in [-0.1, -0.05) is 72.3 Å². The fourth-order valence-corrected chi connectivity index (χ4v) is 4.34. The van der Waals surface area contributed by atoms with Crippen molar-refractivity contribution in [2.45, 2.75) is 6.04 Å². The summed E-state index contributed by atoms with van der Waals surface area (Å²) in [6.45, 7) is 2.60. The fourth-order valence-electron chi connectivity index (χ4n) is 4.17. The van der Waals surface area contributed by atoms with Gasteiger partial charge in [-0.15, -0.1) is 0 Å². The highest BCUT2D eigenvalue weighted by Crippen LogP contribution is 2.29. The van der Waals surface area contributed by atoms with Gasteiger partial charge in [-0.25, -0.2) is 9.59 Å². The molecule has 0 radical (unpaired) electrons. The number of rotatable bonds is 5. The number of esters is 1. The number of urea groups is 1. The number of nitrogens with zero attached hydrogens (tertiary/aromatic N) is 2. The highest BCUT2D eigenvalue weighted by molar-refractivity contribution is 6.31. The predicted octanol–water partition coefficient (Wildman–Crippen LogP) is 5.07. The Morgan fingerprint density at radius 1 is 0.879 bits per heavy atom. The zero-order chi connectivity index (χ0) is 23.2. The molecule has 4 rings (SSSR count). The van der Waals surface area contributed by atoms with Crippen molar-refractivity contribution in [1.29, 1.82) is 0 Å². The Balaban J connectivity index is 1.46. The first-order valence-corrected chi connectivity index (χ1v) is 11.2. The molecule has 3 aromatic rings. The van der Waals surface area contributed by atoms with E-state index in [2.05, 4.69) is 58.7 Å². The molecule has 1 fully saturated rings. The van der Waals surface area contributed by atoms with E-state index in [1.165, 1.54) is 24.3 Å². The molecule has 1 saturated heterocycles. The van der Waals surface area contributed by atoms with Crippen molar-refractivity contribution in [3.05, 3.63) is 101 Å². The van der Waals surface area contributed by atoms with Gasteiger partial charge in [-0.05, 0) is 29.3 Å². The van der Waals surface area contributed by atoms with Crippen LogP contribution in [0.3, 0.4) is 0 Å². The Labute approximate surface area is 198 Å². The number of hydrogen-bond acceptors (Lipinski definition) is 4. The lowest BCUT2D eigenvalue weighted by molar-refractivity contribution is 0.0602. The average Bonchev–Trinajstić information content (AvgIpc) is 2.86. The van der Waals surface area contributed by atoms with Gasteiger partial charge in [0.05, 0.1) is 24.4 Å². The molecule has 2 amide bonds. The van der Waals surface area contributed by atoms with E-state index in [-0.39, 0.29) is 17.6 Å². The minimum Gasteiger partial charge on any atom is -0.465 e. The van der Waals surface area contributed by atoms with Crippen LogP contribution in [-0.4, -0.2) is 55.1 Å². The van der Waals surface area contributed by atoms with Crippen LogP contribution < -0.4 is 5.32 Å². The summed E-state index contributed by atoms with van der Waals surface area (Å²) in [5.41, 5.74) is 3.06. The number of carbonyl (C=O) groups is 2. The summed E-state index contributed by atoms with van der Waals surface area (Å²) >= 11 is 6.01. The maximum Gasteiger partial charge on any atom is 0.340 e. The molecule has 1 N–H and O–H groups in total. The highest BCUT2D eigenvalue weighted by atomic mass is 35.5. The minimum absolute atomic E-state index is 0.125. The van der Waals surface area contributed by atoms with Crippen LogP contribution in [0.1, 0.15) is 27.5 Å². The quantitative estimate of drug-likeness (QED) is 0.537. The largest absolute Gasteiger partial charge is 0.465 e. The van der Waals surface area contributed by atoms with Crippen LogP contribution in [0.4, 0.5) is 10.5 Å². The zero-order valence-corrected chi connectivity index (χ0v) is 19.2. The summed E-state index contributed by atoms with van der Waals surface area (Å²) in [6.07, 6.45) is 0. The van der Waals surface area contributed by atoms with E-state index < -0.39 is 5.97 Å². The first kappa shape index (κ1) is 22.8. The molecule has 33 heavy (non-hydrogen) atoms. The number of hydrogen-bond donors (Lipinski definition) is 1. The number of halogens is 1. The predicted molar refractivity (Wildman–Crippen MR) is 130 cm³/mol. The first-order chi connectivity index (χ1) is 16.1. The second-order valence-electron chi connectivity index (χ2n) is 7.86. The fraction of sp³-hybridized carbons (Fsp3) is 0.231. The van der Waals surface area contributed by atoms with Crippen molar-refractivity contribution in [2.75, 3.05) is 38.6 Å². The number of piperazine rings is 1. The number of benzene rings is 3. The molecular weight excluding hydrogens is 438 g/mol. The molecular formula is C26H26ClN3O3. The van der Waals surface area contributed by atoms with E-state index in [0.29, 0.717) is 23.8 Å². The van der Waals surface area contributed by atoms with Gasteiger partial charge in [-0.3, -0.25) is 4.90 Å². The lowest BCUT2D eigenvalue weighted by Crippen LogP contribution is -2.51. The maximum atomic E-state index is 12.9. The summed E-state index contributed by atoms with van der Waals surface area (Å²) in [5.74, 6) is -0.550. The minimum atomic E-state index is -0.550. The molecule has 1 aliphatic heterocycles. The van der Waals surface area contributed by atoms with Gasteiger partial charge in [0.15, 0.2) is 0 Å². The van der Waals surface area contributed by atoms with Gasteiger partial charge in [0.2, 0.25) is 0 Å². The van der Waals surface area contributed by atoms with Crippen molar-refractivity contribution in [2.24, 2.45) is 0 Å². The topological polar surface area (TPSA) is 61.9 Å². The molecule has 0 bridgehead atoms. The average molecular weight is 464 g/mol. The van der Waals surface area contributed by atoms with E-state index in [4.69, 9.17) is 16.3 Å². The molecule has 0 saturated carbocycles. The van der Waals surface area contributed by atoms with Gasteiger partial charge < -0.3 is 15.0 Å². The first-order valence-electron chi connectivity index (χ1n) is 10.8. The molecule has 3 aromatic carbocycles. The summed E-state index contributed by atoms with van der Waals surface area (Å²) in [6, 6.07) is 25.5. The molecule has 1 heterocycles. The third-order valence-electron chi connectivity index (χ3n) is 5.83. The van der Waals surface area contributed by atoms with Crippen LogP contribution in [0.25, 0.3) is 0 Å². The van der Waals surface area contributed by atoms with Crippen molar-refractivity contribution < 1.29 is 14.3 Å². The number of amides is 2. The number of methoxy groups -OCH3 is 1. The molecule has 6 nitrogen and oxygen atoms in total. The van der Waals surface area contributed by atoms with Gasteiger partial charge in [0, 0.05) is 31.2 Å². The lowest BCUT2D eigenvalue weighted by Gasteiger charge is -2.39. The van der Waals surface area contributed by atoms with Gasteiger partial charge in [0.1, 0.15) is 0 Å². The monoisotopic (exact) mass is 463 g/mol. The number of nitrogens with one attached hydrogen (secondary N) is 1. The van der Waals surface area contributed by atoms with Crippen LogP contribution in [0.5, 0.6) is 0 Å². The molecule has 7 heteroatoms. The number of carbonyl (C=O) groups excluding carboxylic acids is 2. The van der Waals surface area contributed by atoms with Crippen LogP contribution in [0.2, 0.25) is 5.02 Å². The standard InChI is InChI=1S/C26H26ClN3O3/c1-33-25(31)22-18-21(27)12-13-23(22)28-26(32)30-16-14-29(15-17-30)24(19-8-4-2-5-9-19)20-10-6-3-7-11-20/h2-13,18,24H,14-17H2,1H3,(H,28,32). The third kappa shape index (κ3) is 5.35. The molecule has 0 aliphatic carbocycles. The lowest BCUT2D eigenvalue weighted by atomic mass is 9.96.